The van der Waals surface area contributed by atoms with Crippen molar-refractivity contribution in [2.45, 2.75) is 33.7 Å². The Morgan fingerprint density at radius 1 is 0.903 bits per heavy atom. The minimum Gasteiger partial charge on any atom is -0.490 e. The van der Waals surface area contributed by atoms with Crippen molar-refractivity contribution < 1.29 is 14.3 Å². The SMILES string of the molecule is CCNC(=O)c1cccc(CNC(=NC)NCCc2ccc(OCC)c(OCC)c2)c1. The van der Waals surface area contributed by atoms with Gasteiger partial charge in [0, 0.05) is 32.2 Å². The molecule has 1 amide bonds. The summed E-state index contributed by atoms with van der Waals surface area (Å²) in [5.74, 6) is 2.19. The zero-order valence-electron chi connectivity index (χ0n) is 19.0. The third-order valence-corrected chi connectivity index (χ3v) is 4.52. The molecule has 0 aromatic heterocycles. The number of carbonyl (C=O) groups excluding carboxylic acids is 1. The molecular formula is C24H34N4O3. The topological polar surface area (TPSA) is 84.0 Å². The summed E-state index contributed by atoms with van der Waals surface area (Å²) in [6.45, 7) is 8.94. The maximum atomic E-state index is 12.0. The summed E-state index contributed by atoms with van der Waals surface area (Å²) >= 11 is 0. The molecule has 0 aliphatic heterocycles. The van der Waals surface area contributed by atoms with Gasteiger partial charge in [0.25, 0.3) is 5.91 Å². The van der Waals surface area contributed by atoms with Crippen LogP contribution in [-0.4, -0.2) is 45.2 Å². The first-order valence-electron chi connectivity index (χ1n) is 10.8. The van der Waals surface area contributed by atoms with Gasteiger partial charge >= 0.3 is 0 Å². The molecule has 7 heteroatoms. The number of rotatable bonds is 11. The molecule has 0 saturated heterocycles. The van der Waals surface area contributed by atoms with Crippen LogP contribution in [0.25, 0.3) is 0 Å². The fraction of sp³-hybridized carbons (Fsp3) is 0.417. The van der Waals surface area contributed by atoms with Crippen LogP contribution in [0.3, 0.4) is 0 Å². The van der Waals surface area contributed by atoms with E-state index in [1.165, 1.54) is 0 Å². The second kappa shape index (κ2) is 13.2. The zero-order valence-corrected chi connectivity index (χ0v) is 19.0. The van der Waals surface area contributed by atoms with E-state index in [-0.39, 0.29) is 5.91 Å². The average Bonchev–Trinajstić information content (AvgIpc) is 2.78. The Bertz CT molecular complexity index is 868. The predicted molar refractivity (Wildman–Crippen MR) is 125 cm³/mol. The normalized spacial score (nSPS) is 11.0. The molecule has 0 spiro atoms. The lowest BCUT2D eigenvalue weighted by molar-refractivity contribution is 0.0955. The third-order valence-electron chi connectivity index (χ3n) is 4.52. The molecule has 0 saturated carbocycles. The molecule has 168 valence electrons. The summed E-state index contributed by atoms with van der Waals surface area (Å²) in [5.41, 5.74) is 2.83. The number of guanidine groups is 1. The van der Waals surface area contributed by atoms with Crippen LogP contribution < -0.4 is 25.4 Å². The van der Waals surface area contributed by atoms with Gasteiger partial charge in [-0.05, 0) is 62.6 Å². The van der Waals surface area contributed by atoms with Gasteiger partial charge < -0.3 is 25.4 Å². The summed E-state index contributed by atoms with van der Waals surface area (Å²) in [4.78, 5) is 16.3. The van der Waals surface area contributed by atoms with E-state index in [0.29, 0.717) is 37.8 Å². The first-order chi connectivity index (χ1) is 15.1. The van der Waals surface area contributed by atoms with Crippen LogP contribution in [0.5, 0.6) is 11.5 Å². The minimum atomic E-state index is -0.0614. The molecule has 0 heterocycles. The average molecular weight is 427 g/mol. The van der Waals surface area contributed by atoms with Crippen LogP contribution in [0, 0.1) is 0 Å². The highest BCUT2D eigenvalue weighted by molar-refractivity contribution is 5.94. The van der Waals surface area contributed by atoms with Crippen molar-refractivity contribution >= 4 is 11.9 Å². The van der Waals surface area contributed by atoms with Gasteiger partial charge in [-0.15, -0.1) is 0 Å². The molecule has 0 bridgehead atoms. The summed E-state index contributed by atoms with van der Waals surface area (Å²) < 4.78 is 11.3. The number of hydrogen-bond acceptors (Lipinski definition) is 4. The van der Waals surface area contributed by atoms with Gasteiger partial charge in [0.15, 0.2) is 17.5 Å². The van der Waals surface area contributed by atoms with Crippen LogP contribution in [0.4, 0.5) is 0 Å². The van der Waals surface area contributed by atoms with Crippen LogP contribution in [0.2, 0.25) is 0 Å². The molecule has 0 fully saturated rings. The van der Waals surface area contributed by atoms with Crippen LogP contribution in [-0.2, 0) is 13.0 Å². The number of hydrogen-bond donors (Lipinski definition) is 3. The molecule has 0 aliphatic carbocycles. The Kier molecular flexibility index (Phi) is 10.2. The first-order valence-corrected chi connectivity index (χ1v) is 10.8. The minimum absolute atomic E-state index is 0.0614. The van der Waals surface area contributed by atoms with Gasteiger partial charge in [0.1, 0.15) is 0 Å². The van der Waals surface area contributed by atoms with Gasteiger partial charge in [-0.1, -0.05) is 18.2 Å². The summed E-state index contributed by atoms with van der Waals surface area (Å²) in [6, 6.07) is 13.6. The number of amides is 1. The standard InChI is InChI=1S/C24H34N4O3/c1-5-26-23(29)20-10-8-9-19(15-20)17-28-24(25-4)27-14-13-18-11-12-21(30-6-2)22(16-18)31-7-3/h8-12,15-16H,5-7,13-14,17H2,1-4H3,(H,26,29)(H2,25,27,28). The molecule has 0 atom stereocenters. The molecule has 3 N–H and O–H groups in total. The van der Waals surface area contributed by atoms with Gasteiger partial charge in [-0.25, -0.2) is 0 Å². The first kappa shape index (κ1) is 24.1. The van der Waals surface area contributed by atoms with Crippen molar-refractivity contribution in [2.75, 3.05) is 33.4 Å². The lowest BCUT2D eigenvalue weighted by Crippen LogP contribution is -2.37. The highest BCUT2D eigenvalue weighted by Gasteiger charge is 2.07. The van der Waals surface area contributed by atoms with E-state index in [0.717, 1.165) is 35.6 Å². The van der Waals surface area contributed by atoms with E-state index >= 15 is 0 Å². The third kappa shape index (κ3) is 7.85. The Morgan fingerprint density at radius 3 is 2.39 bits per heavy atom. The highest BCUT2D eigenvalue weighted by Crippen LogP contribution is 2.28. The van der Waals surface area contributed by atoms with Crippen molar-refractivity contribution in [3.8, 4) is 11.5 Å². The van der Waals surface area contributed by atoms with Crippen LogP contribution in [0.1, 0.15) is 42.3 Å². The second-order valence-electron chi connectivity index (χ2n) is 6.81. The van der Waals surface area contributed by atoms with E-state index in [4.69, 9.17) is 9.47 Å². The van der Waals surface area contributed by atoms with E-state index in [1.807, 2.05) is 57.2 Å². The zero-order chi connectivity index (χ0) is 22.5. The monoisotopic (exact) mass is 426 g/mol. The number of nitrogens with zero attached hydrogens (tertiary/aromatic N) is 1. The predicted octanol–water partition coefficient (Wildman–Crippen LogP) is 3.14. The molecule has 2 rings (SSSR count). The molecule has 2 aromatic rings. The van der Waals surface area contributed by atoms with E-state index < -0.39 is 0 Å². The van der Waals surface area contributed by atoms with Crippen LogP contribution in [0.15, 0.2) is 47.5 Å². The van der Waals surface area contributed by atoms with Crippen molar-refractivity contribution in [1.82, 2.24) is 16.0 Å². The lowest BCUT2D eigenvalue weighted by Gasteiger charge is -2.14. The highest BCUT2D eigenvalue weighted by atomic mass is 16.5. The van der Waals surface area contributed by atoms with Gasteiger partial charge in [0.05, 0.1) is 13.2 Å². The number of ether oxygens (including phenoxy) is 2. The number of aliphatic imine (C=N–C) groups is 1. The lowest BCUT2D eigenvalue weighted by atomic mass is 10.1. The van der Waals surface area contributed by atoms with Gasteiger partial charge in [-0.3, -0.25) is 9.79 Å². The maximum Gasteiger partial charge on any atom is 0.251 e. The molecule has 7 nitrogen and oxygen atoms in total. The van der Waals surface area contributed by atoms with Gasteiger partial charge in [-0.2, -0.15) is 0 Å². The second-order valence-corrected chi connectivity index (χ2v) is 6.81. The van der Waals surface area contributed by atoms with E-state index in [1.54, 1.807) is 7.05 Å². The van der Waals surface area contributed by atoms with Crippen molar-refractivity contribution in [2.24, 2.45) is 4.99 Å². The Morgan fingerprint density at radius 2 is 1.68 bits per heavy atom. The molecule has 2 aromatic carbocycles. The molecule has 0 unspecified atom stereocenters. The van der Waals surface area contributed by atoms with Crippen molar-refractivity contribution in [1.29, 1.82) is 0 Å². The number of benzene rings is 2. The van der Waals surface area contributed by atoms with Gasteiger partial charge in [0.2, 0.25) is 0 Å². The Hall–Kier alpha value is -3.22. The summed E-state index contributed by atoms with van der Waals surface area (Å²) in [6.07, 6.45) is 0.819. The summed E-state index contributed by atoms with van der Waals surface area (Å²) in [7, 11) is 1.74. The van der Waals surface area contributed by atoms with E-state index in [2.05, 4.69) is 27.0 Å². The van der Waals surface area contributed by atoms with Crippen molar-refractivity contribution in [3.05, 3.63) is 59.2 Å². The fourth-order valence-corrected chi connectivity index (χ4v) is 3.07. The molecule has 31 heavy (non-hydrogen) atoms. The Balaban J connectivity index is 1.87. The smallest absolute Gasteiger partial charge is 0.251 e. The van der Waals surface area contributed by atoms with E-state index in [9.17, 15) is 4.79 Å². The number of carbonyl (C=O) groups is 1. The fourth-order valence-electron chi connectivity index (χ4n) is 3.07. The molecule has 0 aliphatic rings. The largest absolute Gasteiger partial charge is 0.490 e. The van der Waals surface area contributed by atoms with Crippen molar-refractivity contribution in [3.63, 3.8) is 0 Å². The summed E-state index contributed by atoms with van der Waals surface area (Å²) in [5, 5.41) is 9.43. The Labute approximate surface area is 185 Å². The number of nitrogens with one attached hydrogen (secondary N) is 3. The maximum absolute atomic E-state index is 12.0. The quantitative estimate of drug-likeness (QED) is 0.380. The van der Waals surface area contributed by atoms with Crippen LogP contribution >= 0.6 is 0 Å². The molecular weight excluding hydrogens is 392 g/mol. The molecule has 0 radical (unpaired) electrons.